The zero-order chi connectivity index (χ0) is 18.2. The van der Waals surface area contributed by atoms with Crippen LogP contribution in [0.4, 0.5) is 0 Å². The van der Waals surface area contributed by atoms with E-state index in [0.29, 0.717) is 5.56 Å². The number of carbonyl (C=O) groups is 2. The van der Waals surface area contributed by atoms with Crippen molar-refractivity contribution in [2.45, 2.75) is 51.0 Å². The molecule has 0 radical (unpaired) electrons. The molecule has 0 aliphatic heterocycles. The zero-order valence-corrected chi connectivity index (χ0v) is 15.2. The van der Waals surface area contributed by atoms with Crippen molar-refractivity contribution in [3.05, 3.63) is 22.7 Å². The van der Waals surface area contributed by atoms with Crippen molar-refractivity contribution in [1.29, 1.82) is 0 Å². The van der Waals surface area contributed by atoms with E-state index in [-0.39, 0.29) is 35.1 Å². The van der Waals surface area contributed by atoms with Gasteiger partial charge >= 0.3 is 0 Å². The minimum atomic E-state index is -0.621. The minimum Gasteiger partial charge on any atom is -0.493 e. The predicted octanol–water partition coefficient (Wildman–Crippen LogP) is 3.06. The molecule has 7 heteroatoms. The monoisotopic (exact) mass is 368 g/mol. The summed E-state index contributed by atoms with van der Waals surface area (Å²) in [5.74, 6) is -0.321. The lowest BCUT2D eigenvalue weighted by atomic mass is 9.96. The molecule has 2 amide bonds. The maximum Gasteiger partial charge on any atom is 0.255 e. The van der Waals surface area contributed by atoms with Crippen LogP contribution in [-0.4, -0.2) is 31.6 Å². The number of primary amides is 1. The van der Waals surface area contributed by atoms with E-state index in [0.717, 1.165) is 25.7 Å². The summed E-state index contributed by atoms with van der Waals surface area (Å²) in [4.78, 5) is 23.5. The number of halogens is 1. The van der Waals surface area contributed by atoms with Gasteiger partial charge in [-0.2, -0.15) is 0 Å². The Hall–Kier alpha value is -1.95. The minimum absolute atomic E-state index is 0.184. The van der Waals surface area contributed by atoms with Crippen LogP contribution in [0, 0.1) is 0 Å². The Labute approximate surface area is 153 Å². The molecule has 1 fully saturated rings. The Morgan fingerprint density at radius 2 is 1.84 bits per heavy atom. The van der Waals surface area contributed by atoms with E-state index >= 15 is 0 Å². The SMILES string of the molecule is COc1cc(C(=O)NC2CCCCCCC2)cc(Cl)c1OCC(N)=O. The summed E-state index contributed by atoms with van der Waals surface area (Å²) in [6.45, 7) is -0.316. The lowest BCUT2D eigenvalue weighted by Gasteiger charge is -2.21. The fourth-order valence-electron chi connectivity index (χ4n) is 3.00. The molecule has 0 saturated heterocycles. The summed E-state index contributed by atoms with van der Waals surface area (Å²) >= 11 is 6.19. The number of hydrogen-bond donors (Lipinski definition) is 2. The first-order valence-electron chi connectivity index (χ1n) is 8.60. The molecule has 0 spiro atoms. The molecule has 1 aromatic carbocycles. The van der Waals surface area contributed by atoms with E-state index in [2.05, 4.69) is 5.32 Å². The maximum absolute atomic E-state index is 12.6. The molecule has 2 rings (SSSR count). The number of methoxy groups -OCH3 is 1. The number of hydrogen-bond acceptors (Lipinski definition) is 4. The fraction of sp³-hybridized carbons (Fsp3) is 0.556. The van der Waals surface area contributed by atoms with Crippen LogP contribution in [0.25, 0.3) is 0 Å². The Kier molecular flexibility index (Phi) is 7.37. The summed E-state index contributed by atoms with van der Waals surface area (Å²) in [7, 11) is 1.44. The first-order valence-corrected chi connectivity index (χ1v) is 8.98. The van der Waals surface area contributed by atoms with Crippen LogP contribution in [-0.2, 0) is 4.79 Å². The molecule has 6 nitrogen and oxygen atoms in total. The molecular weight excluding hydrogens is 344 g/mol. The molecule has 0 bridgehead atoms. The van der Waals surface area contributed by atoms with E-state index in [1.807, 2.05) is 0 Å². The molecule has 1 aliphatic rings. The highest BCUT2D eigenvalue weighted by Gasteiger charge is 2.19. The fourth-order valence-corrected chi connectivity index (χ4v) is 3.27. The van der Waals surface area contributed by atoms with Crippen molar-refractivity contribution in [2.75, 3.05) is 13.7 Å². The van der Waals surface area contributed by atoms with Gasteiger partial charge in [0.25, 0.3) is 11.8 Å². The second kappa shape index (κ2) is 9.51. The van der Waals surface area contributed by atoms with E-state index in [1.54, 1.807) is 6.07 Å². The van der Waals surface area contributed by atoms with Crippen molar-refractivity contribution in [3.8, 4) is 11.5 Å². The van der Waals surface area contributed by atoms with Gasteiger partial charge in [-0.1, -0.05) is 43.7 Å². The highest BCUT2D eigenvalue weighted by molar-refractivity contribution is 6.32. The van der Waals surface area contributed by atoms with E-state index in [9.17, 15) is 9.59 Å². The van der Waals surface area contributed by atoms with Crippen LogP contribution in [0.5, 0.6) is 11.5 Å². The van der Waals surface area contributed by atoms with Crippen LogP contribution in [0.2, 0.25) is 5.02 Å². The van der Waals surface area contributed by atoms with Gasteiger partial charge in [-0.3, -0.25) is 9.59 Å². The Bertz CT molecular complexity index is 613. The lowest BCUT2D eigenvalue weighted by Crippen LogP contribution is -2.35. The summed E-state index contributed by atoms with van der Waals surface area (Å²) < 4.78 is 10.5. The number of rotatable bonds is 6. The van der Waals surface area contributed by atoms with Crippen LogP contribution in [0.3, 0.4) is 0 Å². The van der Waals surface area contributed by atoms with Crippen LogP contribution in [0.1, 0.15) is 55.3 Å². The average molecular weight is 369 g/mol. The highest BCUT2D eigenvalue weighted by Crippen LogP contribution is 2.36. The van der Waals surface area contributed by atoms with Gasteiger partial charge in [-0.25, -0.2) is 0 Å². The van der Waals surface area contributed by atoms with Crippen LogP contribution < -0.4 is 20.5 Å². The third-order valence-electron chi connectivity index (χ3n) is 4.29. The first-order chi connectivity index (χ1) is 12.0. The Balaban J connectivity index is 2.10. The summed E-state index contributed by atoms with van der Waals surface area (Å²) in [6, 6.07) is 3.25. The standard InChI is InChI=1S/C18H25ClN2O4/c1-24-15-10-12(9-14(19)17(15)25-11-16(20)22)18(23)21-13-7-5-3-2-4-6-8-13/h9-10,13H,2-8,11H2,1H3,(H2,20,22)(H,21,23). The average Bonchev–Trinajstić information content (AvgIpc) is 2.55. The maximum atomic E-state index is 12.6. The number of amides is 2. The molecule has 0 atom stereocenters. The number of carbonyl (C=O) groups excluding carboxylic acids is 2. The number of nitrogens with one attached hydrogen (secondary N) is 1. The van der Waals surface area contributed by atoms with Crippen LogP contribution in [0.15, 0.2) is 12.1 Å². The van der Waals surface area contributed by atoms with Crippen molar-refractivity contribution < 1.29 is 19.1 Å². The normalized spacial score (nSPS) is 15.8. The zero-order valence-electron chi connectivity index (χ0n) is 14.5. The quantitative estimate of drug-likeness (QED) is 0.807. The first kappa shape index (κ1) is 19.4. The molecule has 138 valence electrons. The smallest absolute Gasteiger partial charge is 0.255 e. The molecule has 0 aromatic heterocycles. The summed E-state index contributed by atoms with van der Waals surface area (Å²) in [5.41, 5.74) is 5.47. The highest BCUT2D eigenvalue weighted by atomic mass is 35.5. The Morgan fingerprint density at radius 3 is 2.44 bits per heavy atom. The van der Waals surface area contributed by atoms with Gasteiger partial charge in [-0.15, -0.1) is 0 Å². The second-order valence-corrected chi connectivity index (χ2v) is 6.67. The molecule has 1 saturated carbocycles. The van der Waals surface area contributed by atoms with Gasteiger partial charge in [0, 0.05) is 11.6 Å². The van der Waals surface area contributed by atoms with Crippen molar-refractivity contribution in [3.63, 3.8) is 0 Å². The Morgan fingerprint density at radius 1 is 1.20 bits per heavy atom. The van der Waals surface area contributed by atoms with Gasteiger partial charge in [0.1, 0.15) is 0 Å². The molecule has 3 N–H and O–H groups in total. The van der Waals surface area contributed by atoms with E-state index in [1.165, 1.54) is 32.4 Å². The third kappa shape index (κ3) is 5.81. The number of benzene rings is 1. The molecule has 1 aromatic rings. The molecule has 25 heavy (non-hydrogen) atoms. The van der Waals surface area contributed by atoms with Crippen molar-refractivity contribution in [2.24, 2.45) is 5.73 Å². The molecular formula is C18H25ClN2O4. The number of nitrogens with two attached hydrogens (primary N) is 1. The second-order valence-electron chi connectivity index (χ2n) is 6.26. The number of ether oxygens (including phenoxy) is 2. The topological polar surface area (TPSA) is 90.7 Å². The molecule has 1 aliphatic carbocycles. The van der Waals surface area contributed by atoms with Gasteiger partial charge in [-0.05, 0) is 25.0 Å². The predicted molar refractivity (Wildman–Crippen MR) is 96.3 cm³/mol. The van der Waals surface area contributed by atoms with Gasteiger partial charge in [0.2, 0.25) is 0 Å². The lowest BCUT2D eigenvalue weighted by molar-refractivity contribution is -0.119. The van der Waals surface area contributed by atoms with E-state index in [4.69, 9.17) is 26.8 Å². The van der Waals surface area contributed by atoms with Gasteiger partial charge in [0.15, 0.2) is 18.1 Å². The molecule has 0 heterocycles. The largest absolute Gasteiger partial charge is 0.493 e. The van der Waals surface area contributed by atoms with Gasteiger partial charge in [0.05, 0.1) is 12.1 Å². The van der Waals surface area contributed by atoms with Crippen molar-refractivity contribution in [1.82, 2.24) is 5.32 Å². The van der Waals surface area contributed by atoms with Gasteiger partial charge < -0.3 is 20.5 Å². The van der Waals surface area contributed by atoms with E-state index < -0.39 is 5.91 Å². The van der Waals surface area contributed by atoms with Crippen molar-refractivity contribution >= 4 is 23.4 Å². The third-order valence-corrected chi connectivity index (χ3v) is 4.57. The summed E-state index contributed by atoms with van der Waals surface area (Å²) in [6.07, 6.45) is 7.98. The molecule has 0 unspecified atom stereocenters. The van der Waals surface area contributed by atoms with Crippen LogP contribution >= 0.6 is 11.6 Å². The summed E-state index contributed by atoms with van der Waals surface area (Å²) in [5, 5.41) is 3.28.